The van der Waals surface area contributed by atoms with Crippen LogP contribution in [0.25, 0.3) is 11.2 Å². The zero-order chi connectivity index (χ0) is 16.4. The molecule has 0 aliphatic carbocycles. The van der Waals surface area contributed by atoms with Crippen LogP contribution in [0, 0.1) is 0 Å². The molecule has 2 aliphatic rings. The van der Waals surface area contributed by atoms with Gasteiger partial charge < -0.3 is 20.5 Å². The fourth-order valence-corrected chi connectivity index (χ4v) is 3.90. The van der Waals surface area contributed by atoms with Crippen molar-refractivity contribution in [3.8, 4) is 0 Å². The van der Waals surface area contributed by atoms with Crippen LogP contribution >= 0.6 is 19.4 Å². The number of aromatic nitrogens is 4. The Labute approximate surface area is 133 Å². The number of aliphatic hydroxyl groups excluding tert-OH is 1. The summed E-state index contributed by atoms with van der Waals surface area (Å²) in [4.78, 5) is 21.3. The van der Waals surface area contributed by atoms with Crippen molar-refractivity contribution in [2.24, 2.45) is 0 Å². The normalized spacial score (nSPS) is 37.2. The Balaban J connectivity index is 1.76. The Morgan fingerprint density at radius 1 is 1.48 bits per heavy atom. The molecule has 0 spiro atoms. The second kappa shape index (κ2) is 5.08. The lowest BCUT2D eigenvalue weighted by Gasteiger charge is -2.27. The number of phosphoric acid groups is 1. The van der Waals surface area contributed by atoms with E-state index in [2.05, 4.69) is 19.5 Å². The number of anilines is 1. The number of nitrogen functional groups attached to an aromatic ring is 1. The van der Waals surface area contributed by atoms with Gasteiger partial charge >= 0.3 is 7.82 Å². The van der Waals surface area contributed by atoms with Crippen LogP contribution in [0.3, 0.4) is 0 Å². The molecule has 13 heteroatoms. The van der Waals surface area contributed by atoms with Crippen LogP contribution in [-0.2, 0) is 18.3 Å². The third-order valence-electron chi connectivity index (χ3n) is 3.68. The second-order valence-corrected chi connectivity index (χ2v) is 6.82. The smallest absolute Gasteiger partial charge is 0.386 e. The Morgan fingerprint density at radius 3 is 3.04 bits per heavy atom. The molecular weight excluding hydrogens is 353 g/mol. The van der Waals surface area contributed by atoms with E-state index >= 15 is 0 Å². The highest BCUT2D eigenvalue weighted by molar-refractivity contribution is 7.47. The highest BCUT2D eigenvalue weighted by Gasteiger charge is 2.53. The van der Waals surface area contributed by atoms with Crippen LogP contribution < -0.4 is 5.73 Å². The van der Waals surface area contributed by atoms with Crippen molar-refractivity contribution in [1.82, 2.24) is 19.5 Å². The number of imidazole rings is 1. The van der Waals surface area contributed by atoms with Crippen molar-refractivity contribution in [3.05, 3.63) is 11.6 Å². The van der Waals surface area contributed by atoms with Gasteiger partial charge in [-0.15, -0.1) is 0 Å². The van der Waals surface area contributed by atoms with E-state index in [1.807, 2.05) is 0 Å². The fraction of sp³-hybridized carbons (Fsp3) is 0.500. The van der Waals surface area contributed by atoms with Crippen LogP contribution in [0.1, 0.15) is 6.23 Å². The molecule has 4 heterocycles. The Morgan fingerprint density at radius 2 is 2.26 bits per heavy atom. The van der Waals surface area contributed by atoms with Crippen molar-refractivity contribution in [2.75, 3.05) is 12.3 Å². The Bertz CT molecular complexity index is 831. The van der Waals surface area contributed by atoms with Crippen molar-refractivity contribution < 1.29 is 28.3 Å². The molecule has 0 radical (unpaired) electrons. The SMILES string of the molecule is Nc1ncnc2c1nc(Cl)n2[C@@H]1O[C@@H]2COP(=O)(O)O[C@@H]2[C@H]1O. The maximum atomic E-state index is 11.5. The number of phosphoric ester groups is 1. The summed E-state index contributed by atoms with van der Waals surface area (Å²) in [5, 5.41) is 10.4. The van der Waals surface area contributed by atoms with E-state index < -0.39 is 32.4 Å². The minimum atomic E-state index is -4.21. The molecule has 124 valence electrons. The first-order chi connectivity index (χ1) is 10.9. The first-order valence-corrected chi connectivity index (χ1v) is 8.38. The number of aliphatic hydroxyl groups is 1. The first kappa shape index (κ1) is 15.2. The molecule has 2 aromatic rings. The molecule has 0 aromatic carbocycles. The van der Waals surface area contributed by atoms with Gasteiger partial charge in [-0.25, -0.2) is 19.5 Å². The van der Waals surface area contributed by atoms with Crippen molar-refractivity contribution in [3.63, 3.8) is 0 Å². The topological polar surface area (TPSA) is 155 Å². The van der Waals surface area contributed by atoms with E-state index in [-0.39, 0.29) is 28.9 Å². The summed E-state index contributed by atoms with van der Waals surface area (Å²) in [6, 6.07) is 0. The van der Waals surface area contributed by atoms with Gasteiger partial charge in [0, 0.05) is 0 Å². The summed E-state index contributed by atoms with van der Waals surface area (Å²) in [5.41, 5.74) is 6.24. The molecule has 2 aliphatic heterocycles. The van der Waals surface area contributed by atoms with Gasteiger partial charge in [0.25, 0.3) is 0 Å². The van der Waals surface area contributed by atoms with E-state index in [0.717, 1.165) is 0 Å². The molecule has 11 nitrogen and oxygen atoms in total. The summed E-state index contributed by atoms with van der Waals surface area (Å²) in [6.45, 7) is -0.201. The molecule has 2 fully saturated rings. The molecule has 0 amide bonds. The average molecular weight is 364 g/mol. The zero-order valence-electron chi connectivity index (χ0n) is 11.3. The third kappa shape index (κ3) is 2.32. The van der Waals surface area contributed by atoms with Gasteiger partial charge in [-0.2, -0.15) is 0 Å². The van der Waals surface area contributed by atoms with Crippen LogP contribution in [0.5, 0.6) is 0 Å². The number of nitrogens with two attached hydrogens (primary N) is 1. The van der Waals surface area contributed by atoms with Gasteiger partial charge in [0.2, 0.25) is 5.28 Å². The van der Waals surface area contributed by atoms with Gasteiger partial charge in [0.05, 0.1) is 6.61 Å². The van der Waals surface area contributed by atoms with Crippen LogP contribution in [-0.4, -0.2) is 54.4 Å². The summed E-state index contributed by atoms with van der Waals surface area (Å²) >= 11 is 6.10. The fourth-order valence-electron chi connectivity index (χ4n) is 2.67. The summed E-state index contributed by atoms with van der Waals surface area (Å²) < 4.78 is 28.0. The lowest BCUT2D eigenvalue weighted by molar-refractivity contribution is -0.0663. The van der Waals surface area contributed by atoms with Crippen molar-refractivity contribution >= 4 is 36.4 Å². The van der Waals surface area contributed by atoms with Gasteiger partial charge in [0.15, 0.2) is 23.2 Å². The third-order valence-corrected chi connectivity index (χ3v) is 4.93. The van der Waals surface area contributed by atoms with E-state index in [4.69, 9.17) is 26.6 Å². The number of halogens is 1. The maximum Gasteiger partial charge on any atom is 0.472 e. The van der Waals surface area contributed by atoms with E-state index in [9.17, 15) is 14.6 Å². The molecular formula is C10H11ClN5O6P. The molecule has 4 N–H and O–H groups in total. The predicted molar refractivity (Wildman–Crippen MR) is 75.3 cm³/mol. The lowest BCUT2D eigenvalue weighted by atomic mass is 10.1. The largest absolute Gasteiger partial charge is 0.472 e. The minimum Gasteiger partial charge on any atom is -0.386 e. The number of ether oxygens (including phenoxy) is 1. The number of fused-ring (bicyclic) bond motifs is 2. The monoisotopic (exact) mass is 363 g/mol. The number of hydrogen-bond acceptors (Lipinski definition) is 9. The van der Waals surface area contributed by atoms with Crippen LogP contribution in [0.4, 0.5) is 5.82 Å². The molecule has 23 heavy (non-hydrogen) atoms. The molecule has 4 rings (SSSR count). The van der Waals surface area contributed by atoms with Crippen LogP contribution in [0.2, 0.25) is 5.28 Å². The summed E-state index contributed by atoms with van der Waals surface area (Å²) in [5.74, 6) is 0.125. The molecule has 1 unspecified atom stereocenters. The number of nitrogens with zero attached hydrogens (tertiary/aromatic N) is 4. The minimum absolute atomic E-state index is 0.0250. The zero-order valence-corrected chi connectivity index (χ0v) is 13.0. The summed E-state index contributed by atoms with van der Waals surface area (Å²) in [6.07, 6.45) is -2.87. The standard InChI is InChI=1S/C10H11ClN5O6P/c11-10-15-4-7(12)13-2-14-8(4)16(10)9-5(17)6-3(21-9)1-20-23(18,19)22-6/h2-3,5-6,9,17H,1H2,(H,18,19)(H2,12,13,14)/t3-,5-,6+,9-/m1/s1. The van der Waals surface area contributed by atoms with E-state index in [1.54, 1.807) is 0 Å². The molecule has 2 saturated heterocycles. The predicted octanol–water partition coefficient (Wildman–Crippen LogP) is -0.164. The average Bonchev–Trinajstić information content (AvgIpc) is 2.97. The summed E-state index contributed by atoms with van der Waals surface area (Å²) in [7, 11) is -4.21. The molecule has 5 atom stereocenters. The molecule has 0 bridgehead atoms. The maximum absolute atomic E-state index is 11.5. The Kier molecular flexibility index (Phi) is 3.36. The number of rotatable bonds is 1. The lowest BCUT2D eigenvalue weighted by Crippen LogP contribution is -2.39. The van der Waals surface area contributed by atoms with E-state index in [1.165, 1.54) is 10.9 Å². The Hall–Kier alpha value is -1.33. The van der Waals surface area contributed by atoms with Gasteiger partial charge in [-0.3, -0.25) is 13.6 Å². The first-order valence-electron chi connectivity index (χ1n) is 6.50. The van der Waals surface area contributed by atoms with Gasteiger partial charge in [-0.05, 0) is 11.6 Å². The second-order valence-electron chi connectivity index (χ2n) is 5.07. The van der Waals surface area contributed by atoms with Gasteiger partial charge in [0.1, 0.15) is 24.6 Å². The van der Waals surface area contributed by atoms with Gasteiger partial charge in [-0.1, -0.05) is 0 Å². The van der Waals surface area contributed by atoms with Crippen molar-refractivity contribution in [2.45, 2.75) is 24.5 Å². The molecule has 2 aromatic heterocycles. The molecule has 0 saturated carbocycles. The van der Waals surface area contributed by atoms with Crippen LogP contribution in [0.15, 0.2) is 6.33 Å². The quantitative estimate of drug-likeness (QED) is 0.459. The van der Waals surface area contributed by atoms with Crippen molar-refractivity contribution in [1.29, 1.82) is 0 Å². The number of hydrogen-bond donors (Lipinski definition) is 3. The highest BCUT2D eigenvalue weighted by atomic mass is 35.5. The highest BCUT2D eigenvalue weighted by Crippen LogP contribution is 2.52. The van der Waals surface area contributed by atoms with E-state index in [0.29, 0.717) is 0 Å².